The quantitative estimate of drug-likeness (QED) is 0.910. The van der Waals surface area contributed by atoms with E-state index in [-0.39, 0.29) is 5.41 Å². The third-order valence-corrected chi connectivity index (χ3v) is 5.44. The van der Waals surface area contributed by atoms with Gasteiger partial charge in [-0.2, -0.15) is 0 Å². The lowest BCUT2D eigenvalue weighted by Gasteiger charge is -2.18. The zero-order chi connectivity index (χ0) is 15.8. The van der Waals surface area contributed by atoms with Gasteiger partial charge in [-0.05, 0) is 11.8 Å². The van der Waals surface area contributed by atoms with E-state index in [0.29, 0.717) is 6.04 Å². The third kappa shape index (κ3) is 3.98. The summed E-state index contributed by atoms with van der Waals surface area (Å²) in [5, 5.41) is 4.77. The van der Waals surface area contributed by atoms with Crippen LogP contribution in [0.15, 0.2) is 0 Å². The summed E-state index contributed by atoms with van der Waals surface area (Å²) in [6.45, 7) is 19.1. The van der Waals surface area contributed by atoms with E-state index in [4.69, 9.17) is 4.98 Å². The molecule has 0 aromatic carbocycles. The average Bonchev–Trinajstić information content (AvgIpc) is 2.91. The lowest BCUT2D eigenvalue weighted by molar-refractivity contribution is 0.494. The first-order valence-electron chi connectivity index (χ1n) is 8.17. The van der Waals surface area contributed by atoms with Crippen LogP contribution in [0.4, 0.5) is 5.13 Å². The van der Waals surface area contributed by atoms with Gasteiger partial charge in [0.2, 0.25) is 0 Å². The molecule has 3 nitrogen and oxygen atoms in total. The van der Waals surface area contributed by atoms with Crippen LogP contribution in [0.3, 0.4) is 0 Å². The molecule has 1 aromatic rings. The van der Waals surface area contributed by atoms with Gasteiger partial charge < -0.3 is 10.2 Å². The SMILES string of the molecule is CC(C)NCc1sc(N2CC(C)C(C)C2)nc1C(C)(C)C. The molecule has 0 amide bonds. The Hall–Kier alpha value is -0.610. The Bertz CT molecular complexity index is 463. The van der Waals surface area contributed by atoms with Crippen molar-refractivity contribution in [3.05, 3.63) is 10.6 Å². The molecule has 0 radical (unpaired) electrons. The van der Waals surface area contributed by atoms with Crippen molar-refractivity contribution in [3.8, 4) is 0 Å². The number of rotatable bonds is 4. The number of anilines is 1. The van der Waals surface area contributed by atoms with Gasteiger partial charge in [-0.25, -0.2) is 4.98 Å². The summed E-state index contributed by atoms with van der Waals surface area (Å²) in [5.41, 5.74) is 1.38. The molecule has 2 atom stereocenters. The maximum atomic E-state index is 5.01. The molecule has 1 saturated heterocycles. The molecular weight excluding hydrogens is 278 g/mol. The monoisotopic (exact) mass is 309 g/mol. The fourth-order valence-electron chi connectivity index (χ4n) is 2.76. The standard InChI is InChI=1S/C17H31N3S/c1-11(2)18-8-14-15(17(5,6)7)19-16(21-14)20-9-12(3)13(4)10-20/h11-13,18H,8-10H2,1-7H3. The Balaban J connectivity index is 2.24. The van der Waals surface area contributed by atoms with Crippen LogP contribution >= 0.6 is 11.3 Å². The Kier molecular flexibility index (Phi) is 4.99. The topological polar surface area (TPSA) is 28.2 Å². The van der Waals surface area contributed by atoms with Gasteiger partial charge in [-0.1, -0.05) is 48.5 Å². The van der Waals surface area contributed by atoms with E-state index < -0.39 is 0 Å². The zero-order valence-electron chi connectivity index (χ0n) is 14.7. The van der Waals surface area contributed by atoms with Crippen molar-refractivity contribution in [2.75, 3.05) is 18.0 Å². The van der Waals surface area contributed by atoms with Gasteiger partial charge in [0, 0.05) is 36.0 Å². The molecule has 1 N–H and O–H groups in total. The van der Waals surface area contributed by atoms with Gasteiger partial charge in [0.15, 0.2) is 5.13 Å². The zero-order valence-corrected chi connectivity index (χ0v) is 15.5. The number of aromatic nitrogens is 1. The lowest BCUT2D eigenvalue weighted by atomic mass is 9.91. The maximum absolute atomic E-state index is 5.01. The minimum atomic E-state index is 0.111. The van der Waals surface area contributed by atoms with Crippen LogP contribution in [0.5, 0.6) is 0 Å². The number of nitrogens with one attached hydrogen (secondary N) is 1. The van der Waals surface area contributed by atoms with Crippen LogP contribution in [0.25, 0.3) is 0 Å². The van der Waals surface area contributed by atoms with E-state index in [1.54, 1.807) is 0 Å². The molecule has 0 bridgehead atoms. The second-order valence-electron chi connectivity index (χ2n) is 7.91. The highest BCUT2D eigenvalue weighted by molar-refractivity contribution is 7.15. The first-order chi connectivity index (χ1) is 9.68. The Labute approximate surface area is 134 Å². The summed E-state index contributed by atoms with van der Waals surface area (Å²) < 4.78 is 0. The Morgan fingerprint density at radius 1 is 1.24 bits per heavy atom. The van der Waals surface area contributed by atoms with Gasteiger partial charge in [0.05, 0.1) is 5.69 Å². The van der Waals surface area contributed by atoms with Crippen LogP contribution in [-0.2, 0) is 12.0 Å². The van der Waals surface area contributed by atoms with Crippen molar-refractivity contribution in [2.24, 2.45) is 11.8 Å². The Morgan fingerprint density at radius 3 is 2.29 bits per heavy atom. The Morgan fingerprint density at radius 2 is 1.81 bits per heavy atom. The van der Waals surface area contributed by atoms with Crippen molar-refractivity contribution >= 4 is 16.5 Å². The molecule has 1 fully saturated rings. The van der Waals surface area contributed by atoms with Crippen LogP contribution in [0, 0.1) is 11.8 Å². The molecule has 4 heteroatoms. The van der Waals surface area contributed by atoms with E-state index in [9.17, 15) is 0 Å². The minimum Gasteiger partial charge on any atom is -0.348 e. The highest BCUT2D eigenvalue weighted by Crippen LogP contribution is 2.36. The molecule has 21 heavy (non-hydrogen) atoms. The van der Waals surface area contributed by atoms with E-state index >= 15 is 0 Å². The lowest BCUT2D eigenvalue weighted by Crippen LogP contribution is -2.24. The van der Waals surface area contributed by atoms with Crippen LogP contribution in [0.2, 0.25) is 0 Å². The smallest absolute Gasteiger partial charge is 0.185 e. The van der Waals surface area contributed by atoms with Crippen molar-refractivity contribution in [1.29, 1.82) is 0 Å². The van der Waals surface area contributed by atoms with Crippen molar-refractivity contribution in [2.45, 2.75) is 66.5 Å². The second kappa shape index (κ2) is 6.25. The molecule has 0 saturated carbocycles. The minimum absolute atomic E-state index is 0.111. The number of hydrogen-bond donors (Lipinski definition) is 1. The molecule has 2 rings (SSSR count). The van der Waals surface area contributed by atoms with E-state index in [2.05, 4.69) is 58.7 Å². The maximum Gasteiger partial charge on any atom is 0.185 e. The van der Waals surface area contributed by atoms with E-state index in [1.807, 2.05) is 11.3 Å². The first kappa shape index (κ1) is 16.8. The fraction of sp³-hybridized carbons (Fsp3) is 0.824. The van der Waals surface area contributed by atoms with Gasteiger partial charge in [-0.15, -0.1) is 11.3 Å². The molecule has 0 aliphatic carbocycles. The molecule has 1 aliphatic rings. The van der Waals surface area contributed by atoms with Gasteiger partial charge >= 0.3 is 0 Å². The summed E-state index contributed by atoms with van der Waals surface area (Å²) in [5.74, 6) is 1.54. The average molecular weight is 310 g/mol. The van der Waals surface area contributed by atoms with Crippen LogP contribution in [0.1, 0.15) is 59.0 Å². The number of nitrogens with zero attached hydrogens (tertiary/aromatic N) is 2. The van der Waals surface area contributed by atoms with E-state index in [1.165, 1.54) is 15.7 Å². The summed E-state index contributed by atoms with van der Waals surface area (Å²) in [6.07, 6.45) is 0. The molecule has 2 unspecified atom stereocenters. The van der Waals surface area contributed by atoms with Gasteiger partial charge in [0.1, 0.15) is 0 Å². The number of thiazole rings is 1. The van der Waals surface area contributed by atoms with Crippen molar-refractivity contribution in [3.63, 3.8) is 0 Å². The molecule has 120 valence electrons. The second-order valence-corrected chi connectivity index (χ2v) is 8.98. The molecule has 1 aliphatic heterocycles. The summed E-state index contributed by atoms with van der Waals surface area (Å²) in [6, 6.07) is 0.509. The van der Waals surface area contributed by atoms with Crippen molar-refractivity contribution < 1.29 is 0 Å². The predicted octanol–water partition coefficient (Wildman–Crippen LogP) is 4.03. The normalized spacial score (nSPS) is 23.3. The summed E-state index contributed by atoms with van der Waals surface area (Å²) in [7, 11) is 0. The highest BCUT2D eigenvalue weighted by Gasteiger charge is 2.30. The molecule has 1 aromatic heterocycles. The van der Waals surface area contributed by atoms with E-state index in [0.717, 1.165) is 31.5 Å². The molecular formula is C17H31N3S. The summed E-state index contributed by atoms with van der Waals surface area (Å²) >= 11 is 1.88. The highest BCUT2D eigenvalue weighted by atomic mass is 32.1. The fourth-order valence-corrected chi connectivity index (χ4v) is 4.00. The van der Waals surface area contributed by atoms with Gasteiger partial charge in [0.25, 0.3) is 0 Å². The summed E-state index contributed by atoms with van der Waals surface area (Å²) in [4.78, 5) is 8.90. The first-order valence-corrected chi connectivity index (χ1v) is 8.98. The van der Waals surface area contributed by atoms with Gasteiger partial charge in [-0.3, -0.25) is 0 Å². The van der Waals surface area contributed by atoms with Crippen LogP contribution < -0.4 is 10.2 Å². The third-order valence-electron chi connectivity index (χ3n) is 4.33. The molecule has 2 heterocycles. The predicted molar refractivity (Wildman–Crippen MR) is 93.3 cm³/mol. The molecule has 0 spiro atoms. The largest absolute Gasteiger partial charge is 0.348 e. The number of hydrogen-bond acceptors (Lipinski definition) is 4. The van der Waals surface area contributed by atoms with Crippen molar-refractivity contribution in [1.82, 2.24) is 10.3 Å². The van der Waals surface area contributed by atoms with Crippen LogP contribution in [-0.4, -0.2) is 24.1 Å².